The van der Waals surface area contributed by atoms with Crippen molar-refractivity contribution in [1.82, 2.24) is 10.3 Å². The molecule has 1 aromatic carbocycles. The lowest BCUT2D eigenvalue weighted by Gasteiger charge is -2.20. The number of aryl methyl sites for hydroxylation is 1. The third-order valence-corrected chi connectivity index (χ3v) is 5.09. The summed E-state index contributed by atoms with van der Waals surface area (Å²) in [5.74, 6) is 0.613. The Bertz CT molecular complexity index is 527. The molecule has 19 heavy (non-hydrogen) atoms. The van der Waals surface area contributed by atoms with Crippen LogP contribution in [-0.2, 0) is 6.42 Å². The maximum atomic E-state index is 4.95. The van der Waals surface area contributed by atoms with Crippen LogP contribution in [0.1, 0.15) is 35.6 Å². The quantitative estimate of drug-likeness (QED) is 0.918. The van der Waals surface area contributed by atoms with Crippen molar-refractivity contribution in [3.63, 3.8) is 0 Å². The largest absolute Gasteiger partial charge is 0.316 e. The summed E-state index contributed by atoms with van der Waals surface area (Å²) in [7, 11) is 0. The van der Waals surface area contributed by atoms with Gasteiger partial charge in [-0.2, -0.15) is 0 Å². The summed E-state index contributed by atoms with van der Waals surface area (Å²) in [6.07, 6.45) is 3.62. The number of benzene rings is 1. The van der Waals surface area contributed by atoms with E-state index in [4.69, 9.17) is 4.98 Å². The summed E-state index contributed by atoms with van der Waals surface area (Å²) in [5.41, 5.74) is 2.46. The van der Waals surface area contributed by atoms with Crippen LogP contribution in [0.3, 0.4) is 0 Å². The second-order valence-corrected chi connectivity index (χ2v) is 6.20. The van der Waals surface area contributed by atoms with Gasteiger partial charge in [-0.1, -0.05) is 37.3 Å². The van der Waals surface area contributed by atoms with Crippen LogP contribution >= 0.6 is 11.3 Å². The molecule has 0 aliphatic carbocycles. The Balaban J connectivity index is 1.94. The molecular weight excluding hydrogens is 252 g/mol. The number of aromatic nitrogens is 1. The van der Waals surface area contributed by atoms with E-state index in [0.717, 1.165) is 19.5 Å². The Labute approximate surface area is 118 Å². The molecule has 0 bridgehead atoms. The van der Waals surface area contributed by atoms with E-state index in [1.807, 2.05) is 11.3 Å². The normalized spacial score (nSPS) is 19.5. The SMILES string of the molecule is CCc1sc(C2CCCNC2)nc1-c1ccccc1. The lowest BCUT2D eigenvalue weighted by atomic mass is 10.0. The average Bonchev–Trinajstić information content (AvgIpc) is 2.93. The predicted molar refractivity (Wildman–Crippen MR) is 81.8 cm³/mol. The standard InChI is InChI=1S/C16H20N2S/c1-2-14-15(12-7-4-3-5-8-12)18-16(19-14)13-9-6-10-17-11-13/h3-5,7-8,13,17H,2,6,9-11H2,1H3. The van der Waals surface area contributed by atoms with Gasteiger partial charge in [0.15, 0.2) is 0 Å². The molecule has 3 rings (SSSR count). The van der Waals surface area contributed by atoms with Gasteiger partial charge >= 0.3 is 0 Å². The minimum atomic E-state index is 0.613. The minimum Gasteiger partial charge on any atom is -0.316 e. The van der Waals surface area contributed by atoms with Gasteiger partial charge < -0.3 is 5.32 Å². The van der Waals surface area contributed by atoms with Gasteiger partial charge in [0.25, 0.3) is 0 Å². The molecule has 1 N–H and O–H groups in total. The molecule has 0 amide bonds. The van der Waals surface area contributed by atoms with Gasteiger partial charge in [-0.05, 0) is 25.8 Å². The Morgan fingerprint density at radius 1 is 1.32 bits per heavy atom. The molecule has 2 nitrogen and oxygen atoms in total. The maximum absolute atomic E-state index is 4.95. The molecular formula is C16H20N2S. The second kappa shape index (κ2) is 5.85. The van der Waals surface area contributed by atoms with Gasteiger partial charge in [0.1, 0.15) is 0 Å². The lowest BCUT2D eigenvalue weighted by Crippen LogP contribution is -2.28. The molecule has 0 saturated carbocycles. The molecule has 1 atom stereocenters. The van der Waals surface area contributed by atoms with Crippen LogP contribution in [0.25, 0.3) is 11.3 Å². The highest BCUT2D eigenvalue weighted by molar-refractivity contribution is 7.12. The summed E-state index contributed by atoms with van der Waals surface area (Å²) >= 11 is 1.91. The number of hydrogen-bond acceptors (Lipinski definition) is 3. The first-order valence-corrected chi connectivity index (χ1v) is 7.96. The van der Waals surface area contributed by atoms with Crippen LogP contribution in [0, 0.1) is 0 Å². The summed E-state index contributed by atoms with van der Waals surface area (Å²) in [5, 5.41) is 4.81. The zero-order chi connectivity index (χ0) is 13.1. The highest BCUT2D eigenvalue weighted by Gasteiger charge is 2.21. The third-order valence-electron chi connectivity index (χ3n) is 3.73. The molecule has 3 heteroatoms. The van der Waals surface area contributed by atoms with Crippen LogP contribution < -0.4 is 5.32 Å². The van der Waals surface area contributed by atoms with Crippen molar-refractivity contribution in [3.05, 3.63) is 40.2 Å². The van der Waals surface area contributed by atoms with Crippen LogP contribution in [0.15, 0.2) is 30.3 Å². The molecule has 2 aromatic rings. The maximum Gasteiger partial charge on any atom is 0.0979 e. The van der Waals surface area contributed by atoms with E-state index in [2.05, 4.69) is 42.6 Å². The van der Waals surface area contributed by atoms with Gasteiger partial charge in [-0.15, -0.1) is 11.3 Å². The minimum absolute atomic E-state index is 0.613. The zero-order valence-electron chi connectivity index (χ0n) is 11.4. The van der Waals surface area contributed by atoms with Crippen LogP contribution in [-0.4, -0.2) is 18.1 Å². The molecule has 1 unspecified atom stereocenters. The molecule has 0 spiro atoms. The van der Waals surface area contributed by atoms with Gasteiger partial charge in [0, 0.05) is 22.9 Å². The fourth-order valence-electron chi connectivity index (χ4n) is 2.67. The summed E-state index contributed by atoms with van der Waals surface area (Å²) in [6.45, 7) is 4.47. The monoisotopic (exact) mass is 272 g/mol. The fraction of sp³-hybridized carbons (Fsp3) is 0.438. The van der Waals surface area contributed by atoms with E-state index in [1.54, 1.807) is 0 Å². The van der Waals surface area contributed by atoms with Crippen LogP contribution in [0.4, 0.5) is 0 Å². The van der Waals surface area contributed by atoms with Crippen molar-refractivity contribution in [2.45, 2.75) is 32.1 Å². The van der Waals surface area contributed by atoms with Crippen molar-refractivity contribution < 1.29 is 0 Å². The number of nitrogens with zero attached hydrogens (tertiary/aromatic N) is 1. The zero-order valence-corrected chi connectivity index (χ0v) is 12.2. The van der Waals surface area contributed by atoms with Crippen molar-refractivity contribution in [2.75, 3.05) is 13.1 Å². The van der Waals surface area contributed by atoms with E-state index in [-0.39, 0.29) is 0 Å². The molecule has 1 aromatic heterocycles. The summed E-state index contributed by atoms with van der Waals surface area (Å²) in [4.78, 5) is 6.38. The smallest absolute Gasteiger partial charge is 0.0979 e. The number of hydrogen-bond donors (Lipinski definition) is 1. The first kappa shape index (κ1) is 12.8. The Kier molecular flexibility index (Phi) is 3.95. The van der Waals surface area contributed by atoms with E-state index < -0.39 is 0 Å². The first-order valence-electron chi connectivity index (χ1n) is 7.14. The van der Waals surface area contributed by atoms with E-state index in [9.17, 15) is 0 Å². The molecule has 1 fully saturated rings. The Hall–Kier alpha value is -1.19. The van der Waals surface area contributed by atoms with Crippen LogP contribution in [0.5, 0.6) is 0 Å². The lowest BCUT2D eigenvalue weighted by molar-refractivity contribution is 0.460. The average molecular weight is 272 g/mol. The van der Waals surface area contributed by atoms with Gasteiger partial charge in [0.05, 0.1) is 10.7 Å². The fourth-order valence-corrected chi connectivity index (χ4v) is 3.83. The van der Waals surface area contributed by atoms with E-state index in [1.165, 1.54) is 34.0 Å². The highest BCUT2D eigenvalue weighted by Crippen LogP contribution is 2.34. The molecule has 1 aliphatic heterocycles. The van der Waals surface area contributed by atoms with Gasteiger partial charge in [-0.25, -0.2) is 4.98 Å². The van der Waals surface area contributed by atoms with Crippen molar-refractivity contribution in [3.8, 4) is 11.3 Å². The highest BCUT2D eigenvalue weighted by atomic mass is 32.1. The van der Waals surface area contributed by atoms with Crippen LogP contribution in [0.2, 0.25) is 0 Å². The summed E-state index contributed by atoms with van der Waals surface area (Å²) in [6, 6.07) is 10.6. The van der Waals surface area contributed by atoms with E-state index >= 15 is 0 Å². The second-order valence-electron chi connectivity index (χ2n) is 5.09. The number of piperidine rings is 1. The number of rotatable bonds is 3. The summed E-state index contributed by atoms with van der Waals surface area (Å²) < 4.78 is 0. The first-order chi connectivity index (χ1) is 9.38. The van der Waals surface area contributed by atoms with Gasteiger partial charge in [0.2, 0.25) is 0 Å². The molecule has 1 saturated heterocycles. The van der Waals surface area contributed by atoms with E-state index in [0.29, 0.717) is 5.92 Å². The molecule has 1 aliphatic rings. The molecule has 2 heterocycles. The topological polar surface area (TPSA) is 24.9 Å². The van der Waals surface area contributed by atoms with Crippen molar-refractivity contribution in [1.29, 1.82) is 0 Å². The Morgan fingerprint density at radius 2 is 2.16 bits per heavy atom. The van der Waals surface area contributed by atoms with Crippen molar-refractivity contribution in [2.24, 2.45) is 0 Å². The molecule has 100 valence electrons. The third kappa shape index (κ3) is 2.72. The number of thiazole rings is 1. The molecule has 0 radical (unpaired) electrons. The van der Waals surface area contributed by atoms with Gasteiger partial charge in [-0.3, -0.25) is 0 Å². The Morgan fingerprint density at radius 3 is 2.84 bits per heavy atom. The van der Waals surface area contributed by atoms with Crippen molar-refractivity contribution >= 4 is 11.3 Å². The predicted octanol–water partition coefficient (Wildman–Crippen LogP) is 3.84. The number of nitrogens with one attached hydrogen (secondary N) is 1.